The third-order valence-electron chi connectivity index (χ3n) is 3.70. The Bertz CT molecular complexity index is 921. The number of halogens is 3. The van der Waals surface area contributed by atoms with Crippen molar-refractivity contribution in [2.75, 3.05) is 25.6 Å². The first-order valence-electron chi connectivity index (χ1n) is 7.96. The molecule has 0 aliphatic carbocycles. The van der Waals surface area contributed by atoms with Crippen molar-refractivity contribution >= 4 is 17.2 Å². The van der Waals surface area contributed by atoms with Gasteiger partial charge in [-0.15, -0.1) is 0 Å². The number of alkyl halides is 3. The fraction of sp³-hybridized carbons (Fsp3) is 0.222. The van der Waals surface area contributed by atoms with E-state index in [1.165, 1.54) is 13.3 Å². The molecule has 0 radical (unpaired) electrons. The molecule has 0 unspecified atom stereocenters. The lowest BCUT2D eigenvalue weighted by Crippen LogP contribution is -2.15. The number of carbonyl (C=O) groups is 1. The number of hydrogen-bond donors (Lipinski definition) is 1. The number of pyridine rings is 1. The van der Waals surface area contributed by atoms with E-state index in [4.69, 9.17) is 9.47 Å². The molecule has 0 atom stereocenters. The second-order valence-corrected chi connectivity index (χ2v) is 5.60. The minimum atomic E-state index is -4.55. The maximum absolute atomic E-state index is 13.0. The number of ether oxygens (including phenoxy) is 2. The van der Waals surface area contributed by atoms with Crippen LogP contribution < -0.4 is 10.1 Å². The number of aromatic nitrogens is 2. The van der Waals surface area contributed by atoms with Crippen LogP contribution in [0.4, 0.5) is 18.9 Å². The topological polar surface area (TPSA) is 64.9 Å². The number of rotatable bonds is 6. The Morgan fingerprint density at radius 3 is 2.74 bits per heavy atom. The molecule has 142 valence electrons. The number of fused-ring (bicyclic) bond motifs is 1. The molecule has 0 saturated heterocycles. The molecule has 6 nitrogen and oxygen atoms in total. The second-order valence-electron chi connectivity index (χ2n) is 5.60. The molecule has 3 rings (SSSR count). The molecule has 9 heteroatoms. The van der Waals surface area contributed by atoms with E-state index in [2.05, 4.69) is 10.3 Å². The molecule has 1 aromatic carbocycles. The first-order chi connectivity index (χ1) is 12.9. The lowest BCUT2D eigenvalue weighted by atomic mass is 10.1. The third kappa shape index (κ3) is 4.37. The molecule has 0 saturated carbocycles. The summed E-state index contributed by atoms with van der Waals surface area (Å²) in [5.41, 5.74) is -0.375. The zero-order valence-corrected chi connectivity index (χ0v) is 14.3. The van der Waals surface area contributed by atoms with E-state index in [0.29, 0.717) is 5.65 Å². The minimum absolute atomic E-state index is 0.0708. The van der Waals surface area contributed by atoms with Crippen LogP contribution in [0.25, 0.3) is 5.65 Å². The van der Waals surface area contributed by atoms with Gasteiger partial charge in [-0.3, -0.25) is 4.79 Å². The Morgan fingerprint density at radius 2 is 2.04 bits per heavy atom. The highest BCUT2D eigenvalue weighted by molar-refractivity contribution is 6.04. The number of nitrogens with one attached hydrogen (secondary N) is 1. The lowest BCUT2D eigenvalue weighted by molar-refractivity contribution is -0.137. The van der Waals surface area contributed by atoms with Crippen LogP contribution in [0, 0.1) is 0 Å². The molecule has 0 aliphatic rings. The number of benzene rings is 1. The van der Waals surface area contributed by atoms with Crippen molar-refractivity contribution in [3.05, 3.63) is 60.0 Å². The van der Waals surface area contributed by atoms with Gasteiger partial charge in [0.1, 0.15) is 23.7 Å². The lowest BCUT2D eigenvalue weighted by Gasteiger charge is -2.15. The van der Waals surface area contributed by atoms with Crippen molar-refractivity contribution in [3.8, 4) is 5.75 Å². The normalized spacial score (nSPS) is 11.6. The van der Waals surface area contributed by atoms with Gasteiger partial charge in [0.2, 0.25) is 0 Å². The van der Waals surface area contributed by atoms with Gasteiger partial charge >= 0.3 is 6.18 Å². The van der Waals surface area contributed by atoms with E-state index in [9.17, 15) is 18.0 Å². The highest BCUT2D eigenvalue weighted by atomic mass is 19.4. The van der Waals surface area contributed by atoms with Gasteiger partial charge in [-0.1, -0.05) is 6.07 Å². The average Bonchev–Trinajstić information content (AvgIpc) is 3.06. The molecule has 0 aliphatic heterocycles. The van der Waals surface area contributed by atoms with Gasteiger partial charge in [0.15, 0.2) is 0 Å². The van der Waals surface area contributed by atoms with E-state index in [0.717, 1.165) is 18.2 Å². The second kappa shape index (κ2) is 7.67. The highest BCUT2D eigenvalue weighted by Crippen LogP contribution is 2.35. The van der Waals surface area contributed by atoms with Crippen LogP contribution in [0.2, 0.25) is 0 Å². The molecule has 1 N–H and O–H groups in total. The molecular weight excluding hydrogens is 363 g/mol. The molecule has 27 heavy (non-hydrogen) atoms. The molecule has 2 aromatic heterocycles. The molecule has 1 amide bonds. The molecule has 3 aromatic rings. The van der Waals surface area contributed by atoms with Gasteiger partial charge < -0.3 is 19.2 Å². The Kier molecular flexibility index (Phi) is 5.31. The number of anilines is 1. The van der Waals surface area contributed by atoms with Crippen LogP contribution in [0.1, 0.15) is 16.1 Å². The zero-order valence-electron chi connectivity index (χ0n) is 14.3. The van der Waals surface area contributed by atoms with Crippen LogP contribution in [-0.2, 0) is 10.9 Å². The predicted molar refractivity (Wildman–Crippen MR) is 92.0 cm³/mol. The number of carbonyl (C=O) groups excluding carboxylic acids is 1. The first-order valence-corrected chi connectivity index (χ1v) is 7.96. The number of methoxy groups -OCH3 is 1. The number of hydrogen-bond acceptors (Lipinski definition) is 4. The Labute approximate surface area is 152 Å². The van der Waals surface area contributed by atoms with Crippen molar-refractivity contribution < 1.29 is 27.4 Å². The fourth-order valence-corrected chi connectivity index (χ4v) is 2.40. The third-order valence-corrected chi connectivity index (χ3v) is 3.70. The largest absolute Gasteiger partial charge is 0.489 e. The van der Waals surface area contributed by atoms with E-state index in [1.807, 2.05) is 0 Å². The van der Waals surface area contributed by atoms with E-state index >= 15 is 0 Å². The molecule has 2 heterocycles. The monoisotopic (exact) mass is 379 g/mol. The van der Waals surface area contributed by atoms with Crippen LogP contribution in [0.15, 0.2) is 48.8 Å². The van der Waals surface area contributed by atoms with Gasteiger partial charge in [-0.2, -0.15) is 13.2 Å². The smallest absolute Gasteiger partial charge is 0.416 e. The first kappa shape index (κ1) is 18.7. The Balaban J connectivity index is 1.88. The molecular formula is C18H16F3N3O3. The van der Waals surface area contributed by atoms with Crippen LogP contribution in [0.3, 0.4) is 0 Å². The summed E-state index contributed by atoms with van der Waals surface area (Å²) in [6.45, 7) is 0.375. The highest BCUT2D eigenvalue weighted by Gasteiger charge is 2.31. The molecule has 0 fully saturated rings. The van der Waals surface area contributed by atoms with Crippen molar-refractivity contribution in [1.29, 1.82) is 0 Å². The maximum Gasteiger partial charge on any atom is 0.416 e. The van der Waals surface area contributed by atoms with Crippen LogP contribution >= 0.6 is 0 Å². The van der Waals surface area contributed by atoms with Crippen molar-refractivity contribution in [1.82, 2.24) is 9.38 Å². The van der Waals surface area contributed by atoms with Gasteiger partial charge in [0.25, 0.3) is 5.91 Å². The van der Waals surface area contributed by atoms with Crippen molar-refractivity contribution in [2.45, 2.75) is 6.18 Å². The summed E-state index contributed by atoms with van der Waals surface area (Å²) < 4.78 is 51.0. The SMILES string of the molecule is COCCOc1ccc(C(F)(F)F)cc1NC(=O)c1cn2ccccc2n1. The fourth-order valence-electron chi connectivity index (χ4n) is 2.40. The summed E-state index contributed by atoms with van der Waals surface area (Å²) in [4.78, 5) is 16.6. The number of imidazole rings is 1. The quantitative estimate of drug-likeness (QED) is 0.665. The zero-order chi connectivity index (χ0) is 19.4. The standard InChI is InChI=1S/C18H16F3N3O3/c1-26-8-9-27-15-6-5-12(18(19,20)21)10-13(15)23-17(25)14-11-24-7-3-2-4-16(24)22-14/h2-7,10-11H,8-9H2,1H3,(H,23,25). The molecule has 0 bridgehead atoms. The summed E-state index contributed by atoms with van der Waals surface area (Å²) in [6.07, 6.45) is -1.35. The summed E-state index contributed by atoms with van der Waals surface area (Å²) in [5, 5.41) is 2.45. The van der Waals surface area contributed by atoms with E-state index in [-0.39, 0.29) is 30.3 Å². The van der Waals surface area contributed by atoms with Gasteiger partial charge in [0, 0.05) is 19.5 Å². The van der Waals surface area contributed by atoms with Crippen molar-refractivity contribution in [3.63, 3.8) is 0 Å². The van der Waals surface area contributed by atoms with Crippen LogP contribution in [0.5, 0.6) is 5.75 Å². The van der Waals surface area contributed by atoms with E-state index in [1.54, 1.807) is 28.8 Å². The summed E-state index contributed by atoms with van der Waals surface area (Å²) in [6, 6.07) is 8.13. The summed E-state index contributed by atoms with van der Waals surface area (Å²) >= 11 is 0. The number of nitrogens with zero attached hydrogens (tertiary/aromatic N) is 2. The van der Waals surface area contributed by atoms with Gasteiger partial charge in [-0.25, -0.2) is 4.98 Å². The Hall–Kier alpha value is -3.07. The van der Waals surface area contributed by atoms with Gasteiger partial charge in [-0.05, 0) is 30.3 Å². The molecule has 0 spiro atoms. The van der Waals surface area contributed by atoms with Crippen LogP contribution in [-0.4, -0.2) is 35.6 Å². The maximum atomic E-state index is 13.0. The number of amides is 1. The average molecular weight is 379 g/mol. The Morgan fingerprint density at radius 1 is 1.22 bits per heavy atom. The van der Waals surface area contributed by atoms with E-state index < -0.39 is 17.6 Å². The minimum Gasteiger partial charge on any atom is -0.489 e. The van der Waals surface area contributed by atoms with Gasteiger partial charge in [0.05, 0.1) is 17.9 Å². The predicted octanol–water partition coefficient (Wildman–Crippen LogP) is 3.63. The van der Waals surface area contributed by atoms with Crippen molar-refractivity contribution in [2.24, 2.45) is 0 Å². The summed E-state index contributed by atoms with van der Waals surface area (Å²) in [5.74, 6) is -0.535. The summed E-state index contributed by atoms with van der Waals surface area (Å²) in [7, 11) is 1.47.